The van der Waals surface area contributed by atoms with E-state index in [0.717, 1.165) is 24.7 Å². The molecule has 1 N–H and O–H groups in total. The summed E-state index contributed by atoms with van der Waals surface area (Å²) in [6, 6.07) is 8.93. The Kier molecular flexibility index (Phi) is 5.06. The van der Waals surface area contributed by atoms with Crippen molar-refractivity contribution in [3.63, 3.8) is 0 Å². The van der Waals surface area contributed by atoms with Crippen molar-refractivity contribution in [3.8, 4) is 5.75 Å². The Labute approximate surface area is 111 Å². The maximum Gasteiger partial charge on any atom is 0.119 e. The topological polar surface area (TPSA) is 21.3 Å². The molecule has 100 valence electrons. The molecule has 2 rings (SSSR count). The number of hydrogen-bond donors (Lipinski definition) is 1. The van der Waals surface area contributed by atoms with E-state index >= 15 is 0 Å². The average Bonchev–Trinajstić information content (AvgIpc) is 2.34. The molecule has 0 aliphatic heterocycles. The Morgan fingerprint density at radius 3 is 2.83 bits per heavy atom. The summed E-state index contributed by atoms with van der Waals surface area (Å²) in [5.41, 5.74) is 1.32. The molecule has 1 unspecified atom stereocenters. The van der Waals surface area contributed by atoms with Gasteiger partial charge in [-0.2, -0.15) is 0 Å². The molecule has 1 saturated carbocycles. The maximum atomic E-state index is 5.86. The van der Waals surface area contributed by atoms with Crippen molar-refractivity contribution in [2.24, 2.45) is 5.92 Å². The zero-order valence-electron chi connectivity index (χ0n) is 11.6. The molecule has 1 fully saturated rings. The molecule has 1 aromatic carbocycles. The summed E-state index contributed by atoms with van der Waals surface area (Å²) in [6.07, 6.45) is 6.54. The van der Waals surface area contributed by atoms with Crippen LogP contribution in [0, 0.1) is 5.92 Å². The van der Waals surface area contributed by atoms with Crippen LogP contribution < -0.4 is 10.1 Å². The van der Waals surface area contributed by atoms with Gasteiger partial charge in [0.05, 0.1) is 6.61 Å². The molecular weight excluding hydrogens is 222 g/mol. The van der Waals surface area contributed by atoms with Crippen molar-refractivity contribution in [1.29, 1.82) is 0 Å². The third-order valence-corrected chi connectivity index (χ3v) is 4.04. The van der Waals surface area contributed by atoms with Gasteiger partial charge in [0.25, 0.3) is 0 Å². The molecule has 1 aliphatic rings. The molecule has 0 aromatic heterocycles. The van der Waals surface area contributed by atoms with Crippen LogP contribution in [0.15, 0.2) is 24.3 Å². The lowest BCUT2D eigenvalue weighted by molar-refractivity contribution is 0.222. The predicted molar refractivity (Wildman–Crippen MR) is 76.0 cm³/mol. The summed E-state index contributed by atoms with van der Waals surface area (Å²) in [5, 5.41) is 3.33. The Morgan fingerprint density at radius 1 is 1.39 bits per heavy atom. The van der Waals surface area contributed by atoms with Gasteiger partial charge in [-0.15, -0.1) is 0 Å². The van der Waals surface area contributed by atoms with Crippen LogP contribution in [0.5, 0.6) is 5.75 Å². The molecule has 0 heterocycles. The summed E-state index contributed by atoms with van der Waals surface area (Å²) in [5.74, 6) is 1.94. The normalized spacial score (nSPS) is 17.2. The van der Waals surface area contributed by atoms with Crippen molar-refractivity contribution in [2.75, 3.05) is 13.7 Å². The van der Waals surface area contributed by atoms with Gasteiger partial charge in [0, 0.05) is 6.04 Å². The van der Waals surface area contributed by atoms with Gasteiger partial charge in [0.2, 0.25) is 0 Å². The number of benzene rings is 1. The van der Waals surface area contributed by atoms with E-state index in [2.05, 4.69) is 36.5 Å². The van der Waals surface area contributed by atoms with Gasteiger partial charge < -0.3 is 10.1 Å². The van der Waals surface area contributed by atoms with Crippen LogP contribution in [0.4, 0.5) is 0 Å². The van der Waals surface area contributed by atoms with E-state index in [-0.39, 0.29) is 0 Å². The summed E-state index contributed by atoms with van der Waals surface area (Å²) < 4.78 is 5.86. The predicted octanol–water partition coefficient (Wildman–Crippen LogP) is 3.93. The molecule has 1 aromatic rings. The van der Waals surface area contributed by atoms with Crippen LogP contribution in [-0.4, -0.2) is 13.7 Å². The Balaban J connectivity index is 1.85. The van der Waals surface area contributed by atoms with E-state index in [4.69, 9.17) is 4.74 Å². The SMILES string of the molecule is CCC(NC)c1cccc(OCCC2CCC2)c1. The van der Waals surface area contributed by atoms with Crippen molar-refractivity contribution in [2.45, 2.75) is 45.1 Å². The first-order chi connectivity index (χ1) is 8.83. The van der Waals surface area contributed by atoms with Crippen LogP contribution in [0.1, 0.15) is 50.6 Å². The maximum absolute atomic E-state index is 5.86. The highest BCUT2D eigenvalue weighted by molar-refractivity contribution is 5.30. The van der Waals surface area contributed by atoms with Gasteiger partial charge in [0.1, 0.15) is 5.75 Å². The fraction of sp³-hybridized carbons (Fsp3) is 0.625. The first-order valence-corrected chi connectivity index (χ1v) is 7.23. The second kappa shape index (κ2) is 6.79. The molecule has 2 nitrogen and oxygen atoms in total. The summed E-state index contributed by atoms with van der Waals surface area (Å²) in [7, 11) is 2.01. The monoisotopic (exact) mass is 247 g/mol. The molecule has 0 amide bonds. The quantitative estimate of drug-likeness (QED) is 0.788. The highest BCUT2D eigenvalue weighted by Crippen LogP contribution is 2.29. The third kappa shape index (κ3) is 3.49. The molecule has 0 spiro atoms. The standard InChI is InChI=1S/C16H25NO/c1-3-16(17-2)14-8-5-9-15(12-14)18-11-10-13-6-4-7-13/h5,8-9,12-13,16-17H,3-4,6-7,10-11H2,1-2H3. The zero-order chi connectivity index (χ0) is 12.8. The summed E-state index contributed by atoms with van der Waals surface area (Å²) in [4.78, 5) is 0. The van der Waals surface area contributed by atoms with Crippen LogP contribution in [0.25, 0.3) is 0 Å². The minimum absolute atomic E-state index is 0.431. The number of ether oxygens (including phenoxy) is 1. The van der Waals surface area contributed by atoms with E-state index in [9.17, 15) is 0 Å². The lowest BCUT2D eigenvalue weighted by Crippen LogP contribution is -2.16. The molecule has 1 atom stereocenters. The van der Waals surface area contributed by atoms with E-state index in [1.54, 1.807) is 0 Å². The van der Waals surface area contributed by atoms with Crippen LogP contribution >= 0.6 is 0 Å². The van der Waals surface area contributed by atoms with Gasteiger partial charge in [-0.05, 0) is 43.5 Å². The Bertz CT molecular complexity index is 356. The molecule has 18 heavy (non-hydrogen) atoms. The number of hydrogen-bond acceptors (Lipinski definition) is 2. The van der Waals surface area contributed by atoms with E-state index in [1.165, 1.54) is 31.2 Å². The molecular formula is C16H25NO. The lowest BCUT2D eigenvalue weighted by atomic mass is 9.83. The van der Waals surface area contributed by atoms with Gasteiger partial charge in [-0.3, -0.25) is 0 Å². The second-order valence-corrected chi connectivity index (χ2v) is 5.26. The Hall–Kier alpha value is -1.02. The summed E-state index contributed by atoms with van der Waals surface area (Å²) in [6.45, 7) is 3.07. The van der Waals surface area contributed by atoms with Gasteiger partial charge in [-0.25, -0.2) is 0 Å². The first-order valence-electron chi connectivity index (χ1n) is 7.23. The second-order valence-electron chi connectivity index (χ2n) is 5.26. The van der Waals surface area contributed by atoms with Crippen molar-refractivity contribution < 1.29 is 4.74 Å². The smallest absolute Gasteiger partial charge is 0.119 e. The van der Waals surface area contributed by atoms with Crippen LogP contribution in [0.2, 0.25) is 0 Å². The minimum Gasteiger partial charge on any atom is -0.494 e. The number of nitrogens with one attached hydrogen (secondary N) is 1. The zero-order valence-corrected chi connectivity index (χ0v) is 11.6. The van der Waals surface area contributed by atoms with E-state index in [0.29, 0.717) is 6.04 Å². The average molecular weight is 247 g/mol. The van der Waals surface area contributed by atoms with Crippen molar-refractivity contribution >= 4 is 0 Å². The summed E-state index contributed by atoms with van der Waals surface area (Å²) >= 11 is 0. The largest absolute Gasteiger partial charge is 0.494 e. The minimum atomic E-state index is 0.431. The molecule has 1 aliphatic carbocycles. The van der Waals surface area contributed by atoms with Crippen LogP contribution in [-0.2, 0) is 0 Å². The number of rotatable bonds is 7. The van der Waals surface area contributed by atoms with E-state index < -0.39 is 0 Å². The van der Waals surface area contributed by atoms with E-state index in [1.807, 2.05) is 7.05 Å². The van der Waals surface area contributed by atoms with Crippen molar-refractivity contribution in [3.05, 3.63) is 29.8 Å². The Morgan fingerprint density at radius 2 is 2.22 bits per heavy atom. The highest BCUT2D eigenvalue weighted by atomic mass is 16.5. The van der Waals surface area contributed by atoms with Crippen LogP contribution in [0.3, 0.4) is 0 Å². The molecule has 0 radical (unpaired) electrons. The first kappa shape index (κ1) is 13.4. The fourth-order valence-corrected chi connectivity index (χ4v) is 2.55. The van der Waals surface area contributed by atoms with Gasteiger partial charge >= 0.3 is 0 Å². The molecule has 2 heteroatoms. The third-order valence-electron chi connectivity index (χ3n) is 4.04. The van der Waals surface area contributed by atoms with Crippen molar-refractivity contribution in [1.82, 2.24) is 5.32 Å². The highest BCUT2D eigenvalue weighted by Gasteiger charge is 2.16. The molecule has 0 bridgehead atoms. The van der Waals surface area contributed by atoms with Gasteiger partial charge in [0.15, 0.2) is 0 Å². The van der Waals surface area contributed by atoms with Gasteiger partial charge in [-0.1, -0.05) is 38.3 Å². The lowest BCUT2D eigenvalue weighted by Gasteiger charge is -2.25. The molecule has 0 saturated heterocycles. The fourth-order valence-electron chi connectivity index (χ4n) is 2.55.